The molecule has 0 atom stereocenters. The van der Waals surface area contributed by atoms with Crippen LogP contribution in [-0.4, -0.2) is 0 Å². The number of halogens is 1. The average molecular weight is 214 g/mol. The minimum atomic E-state index is -0.165. The van der Waals surface area contributed by atoms with Crippen molar-refractivity contribution in [3.8, 4) is 0 Å². The van der Waals surface area contributed by atoms with Crippen molar-refractivity contribution in [3.05, 3.63) is 65.0 Å². The van der Waals surface area contributed by atoms with Gasteiger partial charge in [-0.2, -0.15) is 0 Å². The quantitative estimate of drug-likeness (QED) is 0.679. The van der Waals surface area contributed by atoms with Gasteiger partial charge in [0.1, 0.15) is 5.82 Å². The summed E-state index contributed by atoms with van der Waals surface area (Å²) in [6.45, 7) is 2.13. The molecule has 0 saturated heterocycles. The maximum atomic E-state index is 13.3. The molecule has 0 bridgehead atoms. The Balaban J connectivity index is 2.14. The van der Waals surface area contributed by atoms with Crippen LogP contribution in [0.2, 0.25) is 0 Å². The molecule has 16 heavy (non-hydrogen) atoms. The lowest BCUT2D eigenvalue weighted by atomic mass is 9.99. The van der Waals surface area contributed by atoms with Gasteiger partial charge in [-0.25, -0.2) is 4.39 Å². The first-order chi connectivity index (χ1) is 7.75. The van der Waals surface area contributed by atoms with Gasteiger partial charge in [0, 0.05) is 5.56 Å². The Morgan fingerprint density at radius 2 is 1.88 bits per heavy atom. The first kappa shape index (κ1) is 10.9. The fourth-order valence-electron chi connectivity index (χ4n) is 1.70. The summed E-state index contributed by atoms with van der Waals surface area (Å²) in [5, 5.41) is 0. The summed E-state index contributed by atoms with van der Waals surface area (Å²) in [6, 6.07) is 6.83. The molecule has 1 aliphatic rings. The number of hydrogen-bond donors (Lipinski definition) is 0. The molecular formula is C15H15F. The Kier molecular flexibility index (Phi) is 3.35. The second-order valence-corrected chi connectivity index (χ2v) is 4.11. The predicted molar refractivity (Wildman–Crippen MR) is 66.5 cm³/mol. The first-order valence-corrected chi connectivity index (χ1v) is 5.54. The summed E-state index contributed by atoms with van der Waals surface area (Å²) in [4.78, 5) is 0. The van der Waals surface area contributed by atoms with Gasteiger partial charge in [0.2, 0.25) is 0 Å². The molecule has 0 fully saturated rings. The highest BCUT2D eigenvalue weighted by Gasteiger charge is 2.00. The van der Waals surface area contributed by atoms with Crippen LogP contribution in [0.1, 0.15) is 25.3 Å². The first-order valence-electron chi connectivity index (χ1n) is 5.54. The van der Waals surface area contributed by atoms with Crippen LogP contribution in [-0.2, 0) is 0 Å². The monoisotopic (exact) mass is 214 g/mol. The molecular weight excluding hydrogens is 199 g/mol. The van der Waals surface area contributed by atoms with Gasteiger partial charge in [-0.15, -0.1) is 0 Å². The van der Waals surface area contributed by atoms with Crippen LogP contribution in [0.5, 0.6) is 0 Å². The van der Waals surface area contributed by atoms with Crippen LogP contribution < -0.4 is 0 Å². The zero-order valence-corrected chi connectivity index (χ0v) is 9.41. The van der Waals surface area contributed by atoms with Gasteiger partial charge in [-0.05, 0) is 31.4 Å². The zero-order valence-electron chi connectivity index (χ0n) is 9.41. The summed E-state index contributed by atoms with van der Waals surface area (Å²) >= 11 is 0. The summed E-state index contributed by atoms with van der Waals surface area (Å²) < 4.78 is 13.3. The van der Waals surface area contributed by atoms with Crippen molar-refractivity contribution >= 4 is 6.08 Å². The summed E-state index contributed by atoms with van der Waals surface area (Å²) in [6.07, 6.45) is 10.2. The van der Waals surface area contributed by atoms with Crippen LogP contribution >= 0.6 is 0 Å². The van der Waals surface area contributed by atoms with Gasteiger partial charge in [-0.1, -0.05) is 48.1 Å². The SMILES string of the molecule is CC1=CC=C(/C=C/c2ccccc2F)CC1. The molecule has 1 aromatic carbocycles. The topological polar surface area (TPSA) is 0 Å². The van der Waals surface area contributed by atoms with E-state index in [9.17, 15) is 4.39 Å². The fourth-order valence-corrected chi connectivity index (χ4v) is 1.70. The molecule has 82 valence electrons. The molecule has 0 aliphatic heterocycles. The zero-order chi connectivity index (χ0) is 11.4. The van der Waals surface area contributed by atoms with Crippen LogP contribution in [0.15, 0.2) is 53.6 Å². The molecule has 2 rings (SSSR count). The lowest BCUT2D eigenvalue weighted by molar-refractivity contribution is 0.625. The van der Waals surface area contributed by atoms with Crippen LogP contribution in [0, 0.1) is 5.82 Å². The number of benzene rings is 1. The number of hydrogen-bond acceptors (Lipinski definition) is 0. The largest absolute Gasteiger partial charge is 0.206 e. The highest BCUT2D eigenvalue weighted by molar-refractivity contribution is 5.54. The molecule has 0 aromatic heterocycles. The molecule has 1 aromatic rings. The Bertz CT molecular complexity index is 464. The average Bonchev–Trinajstić information content (AvgIpc) is 2.30. The van der Waals surface area contributed by atoms with Crippen molar-refractivity contribution in [1.29, 1.82) is 0 Å². The Labute approximate surface area is 95.8 Å². The van der Waals surface area contributed by atoms with Crippen molar-refractivity contribution in [2.24, 2.45) is 0 Å². The summed E-state index contributed by atoms with van der Waals surface area (Å²) in [7, 11) is 0. The van der Waals surface area contributed by atoms with Crippen molar-refractivity contribution in [2.45, 2.75) is 19.8 Å². The van der Waals surface area contributed by atoms with Crippen LogP contribution in [0.3, 0.4) is 0 Å². The number of allylic oxidation sites excluding steroid dienone is 5. The fraction of sp³-hybridized carbons (Fsp3) is 0.200. The highest BCUT2D eigenvalue weighted by Crippen LogP contribution is 2.19. The van der Waals surface area contributed by atoms with E-state index in [-0.39, 0.29) is 5.82 Å². The summed E-state index contributed by atoms with van der Waals surface area (Å²) in [5.74, 6) is -0.165. The third-order valence-corrected chi connectivity index (χ3v) is 2.77. The van der Waals surface area contributed by atoms with E-state index in [0.29, 0.717) is 5.56 Å². The molecule has 0 N–H and O–H groups in total. The van der Waals surface area contributed by atoms with E-state index in [2.05, 4.69) is 19.1 Å². The second kappa shape index (κ2) is 4.93. The van der Waals surface area contributed by atoms with Crippen molar-refractivity contribution < 1.29 is 4.39 Å². The molecule has 0 nitrogen and oxygen atoms in total. The van der Waals surface area contributed by atoms with Gasteiger partial charge < -0.3 is 0 Å². The predicted octanol–water partition coefficient (Wildman–Crippen LogP) is 4.51. The smallest absolute Gasteiger partial charge is 0.130 e. The van der Waals surface area contributed by atoms with Gasteiger partial charge in [-0.3, -0.25) is 0 Å². The van der Waals surface area contributed by atoms with Gasteiger partial charge >= 0.3 is 0 Å². The molecule has 0 spiro atoms. The van der Waals surface area contributed by atoms with E-state index in [1.54, 1.807) is 12.1 Å². The standard InChI is InChI=1S/C15H15F/c1-12-6-8-13(9-7-12)10-11-14-4-2-3-5-15(14)16/h2-6,8,10-11H,7,9H2,1H3/b11-10+. The van der Waals surface area contributed by atoms with E-state index in [0.717, 1.165) is 12.8 Å². The van der Waals surface area contributed by atoms with Crippen molar-refractivity contribution in [3.63, 3.8) is 0 Å². The van der Waals surface area contributed by atoms with E-state index >= 15 is 0 Å². The summed E-state index contributed by atoms with van der Waals surface area (Å²) in [5.41, 5.74) is 3.31. The van der Waals surface area contributed by atoms with Crippen molar-refractivity contribution in [2.75, 3.05) is 0 Å². The van der Waals surface area contributed by atoms with Crippen LogP contribution in [0.25, 0.3) is 6.08 Å². The van der Waals surface area contributed by atoms with E-state index in [1.165, 1.54) is 17.2 Å². The second-order valence-electron chi connectivity index (χ2n) is 4.11. The van der Waals surface area contributed by atoms with Crippen molar-refractivity contribution in [1.82, 2.24) is 0 Å². The molecule has 1 heteroatoms. The molecule has 0 radical (unpaired) electrons. The van der Waals surface area contributed by atoms with Gasteiger partial charge in [0.05, 0.1) is 0 Å². The van der Waals surface area contributed by atoms with Crippen LogP contribution in [0.4, 0.5) is 4.39 Å². The van der Waals surface area contributed by atoms with E-state index in [4.69, 9.17) is 0 Å². The Morgan fingerprint density at radius 1 is 1.06 bits per heavy atom. The maximum absolute atomic E-state index is 13.3. The molecule has 0 saturated carbocycles. The van der Waals surface area contributed by atoms with Gasteiger partial charge in [0.15, 0.2) is 0 Å². The third kappa shape index (κ3) is 2.69. The lowest BCUT2D eigenvalue weighted by Crippen LogP contribution is -1.88. The Morgan fingerprint density at radius 3 is 2.56 bits per heavy atom. The van der Waals surface area contributed by atoms with E-state index in [1.807, 2.05) is 18.2 Å². The highest BCUT2D eigenvalue weighted by atomic mass is 19.1. The van der Waals surface area contributed by atoms with Gasteiger partial charge in [0.25, 0.3) is 0 Å². The minimum absolute atomic E-state index is 0.165. The number of rotatable bonds is 2. The molecule has 0 amide bonds. The third-order valence-electron chi connectivity index (χ3n) is 2.77. The maximum Gasteiger partial charge on any atom is 0.130 e. The Hall–Kier alpha value is -1.63. The van der Waals surface area contributed by atoms with E-state index < -0.39 is 0 Å². The lowest BCUT2D eigenvalue weighted by Gasteiger charge is -2.07. The minimum Gasteiger partial charge on any atom is -0.206 e. The molecule has 0 unspecified atom stereocenters. The molecule has 0 heterocycles. The molecule has 1 aliphatic carbocycles. The normalized spacial score (nSPS) is 16.1.